The van der Waals surface area contributed by atoms with Crippen LogP contribution in [0, 0.1) is 5.82 Å². The quantitative estimate of drug-likeness (QED) is 0.630. The molecule has 0 unspecified atom stereocenters. The van der Waals surface area contributed by atoms with Crippen molar-refractivity contribution in [3.63, 3.8) is 0 Å². The molecule has 0 bridgehead atoms. The summed E-state index contributed by atoms with van der Waals surface area (Å²) in [6.07, 6.45) is 1.47. The second-order valence-corrected chi connectivity index (χ2v) is 9.93. The molecule has 1 aliphatic heterocycles. The zero-order valence-electron chi connectivity index (χ0n) is 15.8. The van der Waals surface area contributed by atoms with Gasteiger partial charge in [0, 0.05) is 30.1 Å². The molecular formula is C21H22FN3O2S2. The largest absolute Gasteiger partial charge is 0.359 e. The maximum absolute atomic E-state index is 13.1. The smallest absolute Gasteiger partial charge is 0.218 e. The lowest BCUT2D eigenvalue weighted by Gasteiger charge is -2.31. The molecule has 1 aromatic heterocycles. The van der Waals surface area contributed by atoms with Crippen molar-refractivity contribution >= 4 is 26.5 Å². The predicted octanol–water partition coefficient (Wildman–Crippen LogP) is 4.36. The van der Waals surface area contributed by atoms with E-state index in [1.165, 1.54) is 23.5 Å². The van der Waals surface area contributed by atoms with E-state index in [1.54, 1.807) is 16.4 Å². The van der Waals surface area contributed by atoms with Crippen LogP contribution in [0.2, 0.25) is 0 Å². The Kier molecular flexibility index (Phi) is 5.94. The number of rotatable bonds is 6. The van der Waals surface area contributed by atoms with Crippen molar-refractivity contribution < 1.29 is 12.8 Å². The Morgan fingerprint density at radius 1 is 1.07 bits per heavy atom. The number of thiazole rings is 1. The second kappa shape index (κ2) is 8.61. The van der Waals surface area contributed by atoms with Gasteiger partial charge in [0.25, 0.3) is 0 Å². The van der Waals surface area contributed by atoms with Crippen molar-refractivity contribution in [2.24, 2.45) is 0 Å². The van der Waals surface area contributed by atoms with Gasteiger partial charge >= 0.3 is 0 Å². The molecule has 0 amide bonds. The number of hydrogen-bond acceptors (Lipinski definition) is 5. The summed E-state index contributed by atoms with van der Waals surface area (Å²) in [6, 6.07) is 15.7. The topological polar surface area (TPSA) is 62.3 Å². The number of nitrogens with one attached hydrogen (secondary N) is 1. The first-order chi connectivity index (χ1) is 14.0. The highest BCUT2D eigenvalue weighted by Gasteiger charge is 2.28. The standard InChI is InChI=1S/C21H22FN3O2S2/c22-18-8-6-17(7-9-18)20-14-28-21(24-20)23-19-10-12-25(13-11-19)29(26,27)15-16-4-2-1-3-5-16/h1-9,14,19H,10-13,15H2,(H,23,24). The molecule has 29 heavy (non-hydrogen) atoms. The number of halogens is 1. The fourth-order valence-corrected chi connectivity index (χ4v) is 5.78. The number of hydrogen-bond donors (Lipinski definition) is 1. The molecule has 2 aromatic carbocycles. The molecule has 0 spiro atoms. The highest BCUT2D eigenvalue weighted by Crippen LogP contribution is 2.27. The molecular weight excluding hydrogens is 409 g/mol. The molecule has 0 radical (unpaired) electrons. The molecule has 152 valence electrons. The summed E-state index contributed by atoms with van der Waals surface area (Å²) in [7, 11) is -3.31. The van der Waals surface area contributed by atoms with Gasteiger partial charge in [-0.3, -0.25) is 0 Å². The highest BCUT2D eigenvalue weighted by atomic mass is 32.2. The Bertz CT molecular complexity index is 1050. The molecule has 0 saturated carbocycles. The summed E-state index contributed by atoms with van der Waals surface area (Å²) < 4.78 is 40.0. The molecule has 0 atom stereocenters. The number of aromatic nitrogens is 1. The molecule has 2 heterocycles. The van der Waals surface area contributed by atoms with Crippen LogP contribution < -0.4 is 5.32 Å². The normalized spacial score (nSPS) is 16.0. The van der Waals surface area contributed by atoms with Crippen molar-refractivity contribution in [3.05, 3.63) is 71.4 Å². The Labute approximate surface area is 174 Å². The summed E-state index contributed by atoms with van der Waals surface area (Å²) in [4.78, 5) is 4.58. The second-order valence-electron chi connectivity index (χ2n) is 7.10. The van der Waals surface area contributed by atoms with E-state index in [1.807, 2.05) is 35.7 Å². The SMILES string of the molecule is O=S(=O)(Cc1ccccc1)N1CCC(Nc2nc(-c3ccc(F)cc3)cs2)CC1. The van der Waals surface area contributed by atoms with Crippen LogP contribution in [0.3, 0.4) is 0 Å². The van der Waals surface area contributed by atoms with Gasteiger partial charge in [-0.15, -0.1) is 11.3 Å². The van der Waals surface area contributed by atoms with Crippen LogP contribution in [-0.2, 0) is 15.8 Å². The van der Waals surface area contributed by atoms with Gasteiger partial charge in [0.1, 0.15) is 5.82 Å². The van der Waals surface area contributed by atoms with Gasteiger partial charge in [0.15, 0.2) is 5.13 Å². The molecule has 5 nitrogen and oxygen atoms in total. The van der Waals surface area contributed by atoms with Crippen molar-refractivity contribution in [2.45, 2.75) is 24.6 Å². The van der Waals surface area contributed by atoms with E-state index in [0.717, 1.165) is 34.8 Å². The van der Waals surface area contributed by atoms with Gasteiger partial charge in [-0.2, -0.15) is 0 Å². The third kappa shape index (κ3) is 5.01. The van der Waals surface area contributed by atoms with Crippen LogP contribution in [-0.4, -0.2) is 36.8 Å². The van der Waals surface area contributed by atoms with E-state index >= 15 is 0 Å². The fourth-order valence-electron chi connectivity index (χ4n) is 3.42. The Morgan fingerprint density at radius 2 is 1.76 bits per heavy atom. The van der Waals surface area contributed by atoms with E-state index in [4.69, 9.17) is 0 Å². The molecule has 1 N–H and O–H groups in total. The van der Waals surface area contributed by atoms with Gasteiger partial charge in [-0.25, -0.2) is 22.1 Å². The molecule has 1 aliphatic rings. The molecule has 1 fully saturated rings. The van der Waals surface area contributed by atoms with Gasteiger partial charge in [0.2, 0.25) is 10.0 Å². The summed E-state index contributed by atoms with van der Waals surface area (Å²) in [6.45, 7) is 1.01. The van der Waals surface area contributed by atoms with Crippen LogP contribution in [0.25, 0.3) is 11.3 Å². The summed E-state index contributed by atoms with van der Waals surface area (Å²) in [5.74, 6) is -0.226. The maximum Gasteiger partial charge on any atom is 0.218 e. The summed E-state index contributed by atoms with van der Waals surface area (Å²) >= 11 is 1.50. The van der Waals surface area contributed by atoms with Gasteiger partial charge < -0.3 is 5.32 Å². The van der Waals surface area contributed by atoms with E-state index in [9.17, 15) is 12.8 Å². The van der Waals surface area contributed by atoms with Crippen molar-refractivity contribution in [3.8, 4) is 11.3 Å². The van der Waals surface area contributed by atoms with Crippen LogP contribution in [0.15, 0.2) is 60.0 Å². The lowest BCUT2D eigenvalue weighted by atomic mass is 10.1. The minimum absolute atomic E-state index is 0.0411. The van der Waals surface area contributed by atoms with E-state index < -0.39 is 10.0 Å². The van der Waals surface area contributed by atoms with E-state index in [-0.39, 0.29) is 17.6 Å². The average molecular weight is 432 g/mol. The van der Waals surface area contributed by atoms with E-state index in [2.05, 4.69) is 10.3 Å². The number of sulfonamides is 1. The van der Waals surface area contributed by atoms with E-state index in [0.29, 0.717) is 13.1 Å². The fraction of sp³-hybridized carbons (Fsp3) is 0.286. The van der Waals surface area contributed by atoms with Gasteiger partial charge in [-0.1, -0.05) is 30.3 Å². The third-order valence-corrected chi connectivity index (χ3v) is 7.63. The first-order valence-corrected chi connectivity index (χ1v) is 12.0. The lowest BCUT2D eigenvalue weighted by molar-refractivity contribution is 0.329. The monoisotopic (exact) mass is 431 g/mol. The lowest BCUT2D eigenvalue weighted by Crippen LogP contribution is -2.42. The minimum atomic E-state index is -3.31. The van der Waals surface area contributed by atoms with Gasteiger partial charge in [0.05, 0.1) is 11.4 Å². The first kappa shape index (κ1) is 20.0. The van der Waals surface area contributed by atoms with Crippen LogP contribution >= 0.6 is 11.3 Å². The predicted molar refractivity (Wildman–Crippen MR) is 115 cm³/mol. The minimum Gasteiger partial charge on any atom is -0.359 e. The molecule has 8 heteroatoms. The van der Waals surface area contributed by atoms with Crippen LogP contribution in [0.1, 0.15) is 18.4 Å². The zero-order chi connectivity index (χ0) is 20.3. The highest BCUT2D eigenvalue weighted by molar-refractivity contribution is 7.88. The molecule has 1 saturated heterocycles. The van der Waals surface area contributed by atoms with Crippen LogP contribution in [0.4, 0.5) is 9.52 Å². The number of anilines is 1. The maximum atomic E-state index is 13.1. The summed E-state index contributed by atoms with van der Waals surface area (Å²) in [5.41, 5.74) is 2.49. The van der Waals surface area contributed by atoms with Crippen molar-refractivity contribution in [1.29, 1.82) is 0 Å². The Hall–Kier alpha value is -2.29. The third-order valence-electron chi connectivity index (χ3n) is 5.01. The van der Waals surface area contributed by atoms with Crippen LogP contribution in [0.5, 0.6) is 0 Å². The van der Waals surface area contributed by atoms with Crippen molar-refractivity contribution in [1.82, 2.24) is 9.29 Å². The Morgan fingerprint density at radius 3 is 2.45 bits per heavy atom. The first-order valence-electron chi connectivity index (χ1n) is 9.49. The molecule has 0 aliphatic carbocycles. The average Bonchev–Trinajstić information content (AvgIpc) is 3.18. The summed E-state index contributed by atoms with van der Waals surface area (Å²) in [5, 5.41) is 6.16. The zero-order valence-corrected chi connectivity index (χ0v) is 17.4. The number of benzene rings is 2. The van der Waals surface area contributed by atoms with Gasteiger partial charge in [-0.05, 0) is 42.7 Å². The molecule has 3 aromatic rings. The number of piperidine rings is 1. The Balaban J connectivity index is 1.33. The molecule has 4 rings (SSSR count). The van der Waals surface area contributed by atoms with Crippen molar-refractivity contribution in [2.75, 3.05) is 18.4 Å². The number of nitrogens with zero attached hydrogens (tertiary/aromatic N) is 2.